The molecule has 4 nitrogen and oxygen atoms in total. The van der Waals surface area contributed by atoms with Crippen LogP contribution in [0.5, 0.6) is 0 Å². The maximum atomic E-state index is 4.82. The molecule has 0 aliphatic carbocycles. The largest absolute Gasteiger partial charge is 0.302 e. The molecule has 0 radical (unpaired) electrons. The van der Waals surface area contributed by atoms with Crippen molar-refractivity contribution in [1.29, 1.82) is 0 Å². The number of aromatic nitrogens is 3. The second kappa shape index (κ2) is 6.32. The van der Waals surface area contributed by atoms with Gasteiger partial charge in [0.2, 0.25) is 0 Å². The first kappa shape index (κ1) is 16.2. The van der Waals surface area contributed by atoms with Crippen LogP contribution in [0.25, 0.3) is 27.8 Å². The molecule has 0 bridgehead atoms. The Bertz CT molecular complexity index is 1130. The summed E-state index contributed by atoms with van der Waals surface area (Å²) in [6.45, 7) is 4.17. The fraction of sp³-hybridized carbons (Fsp3) is 0.217. The van der Waals surface area contributed by atoms with E-state index in [-0.39, 0.29) is 0 Å². The monoisotopic (exact) mass is 354 g/mol. The van der Waals surface area contributed by atoms with Gasteiger partial charge in [-0.25, -0.2) is 4.98 Å². The minimum atomic E-state index is 0.980. The molecule has 4 heteroatoms. The van der Waals surface area contributed by atoms with Gasteiger partial charge in [0.05, 0.1) is 0 Å². The molecule has 0 unspecified atom stereocenters. The second-order valence-corrected chi connectivity index (χ2v) is 7.42. The van der Waals surface area contributed by atoms with E-state index >= 15 is 0 Å². The molecule has 5 rings (SSSR count). The number of hydrogen-bond donors (Lipinski definition) is 0. The standard InChI is InChI=1S/C23H22N4/c1-16-12-20-21-15-26(2)11-8-22(21)27(23(20)25-14-16)19-5-3-4-18(13-19)17-6-9-24-10-7-17/h3-7,9-10,12-14H,8,11,15H2,1-2H3. The van der Waals surface area contributed by atoms with Crippen molar-refractivity contribution in [3.63, 3.8) is 0 Å². The maximum Gasteiger partial charge on any atom is 0.144 e. The molecule has 1 aromatic carbocycles. The minimum absolute atomic E-state index is 0.980. The zero-order valence-electron chi connectivity index (χ0n) is 15.7. The maximum absolute atomic E-state index is 4.82. The van der Waals surface area contributed by atoms with Crippen molar-refractivity contribution in [1.82, 2.24) is 19.4 Å². The highest BCUT2D eigenvalue weighted by molar-refractivity contribution is 5.85. The molecular weight excluding hydrogens is 332 g/mol. The molecular formula is C23H22N4. The third-order valence-corrected chi connectivity index (χ3v) is 5.43. The van der Waals surface area contributed by atoms with Crippen LogP contribution in [0, 0.1) is 6.92 Å². The summed E-state index contributed by atoms with van der Waals surface area (Å²) < 4.78 is 2.36. The van der Waals surface area contributed by atoms with Gasteiger partial charge >= 0.3 is 0 Å². The van der Waals surface area contributed by atoms with E-state index < -0.39 is 0 Å². The van der Waals surface area contributed by atoms with E-state index in [4.69, 9.17) is 4.98 Å². The van der Waals surface area contributed by atoms with E-state index in [1.807, 2.05) is 18.6 Å². The molecule has 27 heavy (non-hydrogen) atoms. The smallest absolute Gasteiger partial charge is 0.144 e. The summed E-state index contributed by atoms with van der Waals surface area (Å²) >= 11 is 0. The normalized spacial score (nSPS) is 14.4. The van der Waals surface area contributed by atoms with Crippen LogP contribution >= 0.6 is 0 Å². The number of pyridine rings is 2. The first-order chi connectivity index (χ1) is 13.2. The third kappa shape index (κ3) is 2.73. The Labute approximate surface area is 159 Å². The summed E-state index contributed by atoms with van der Waals surface area (Å²) in [6, 6.07) is 15.1. The van der Waals surface area contributed by atoms with Crippen LogP contribution in [0.1, 0.15) is 16.8 Å². The lowest BCUT2D eigenvalue weighted by molar-refractivity contribution is 0.311. The zero-order chi connectivity index (χ0) is 18.4. The lowest BCUT2D eigenvalue weighted by atomic mass is 10.0. The van der Waals surface area contributed by atoms with Gasteiger partial charge in [-0.2, -0.15) is 0 Å². The van der Waals surface area contributed by atoms with Crippen LogP contribution in [-0.2, 0) is 13.0 Å². The van der Waals surface area contributed by atoms with E-state index in [1.54, 1.807) is 0 Å². The van der Waals surface area contributed by atoms with Gasteiger partial charge in [-0.3, -0.25) is 9.55 Å². The van der Waals surface area contributed by atoms with Gasteiger partial charge < -0.3 is 4.90 Å². The van der Waals surface area contributed by atoms with Gasteiger partial charge in [0.15, 0.2) is 0 Å². The molecule has 0 spiro atoms. The van der Waals surface area contributed by atoms with Crippen LogP contribution in [0.15, 0.2) is 61.1 Å². The van der Waals surface area contributed by atoms with E-state index in [0.29, 0.717) is 0 Å². The van der Waals surface area contributed by atoms with Crippen molar-refractivity contribution in [3.8, 4) is 16.8 Å². The van der Waals surface area contributed by atoms with Crippen molar-refractivity contribution in [3.05, 3.63) is 77.9 Å². The number of likely N-dealkylation sites (N-methyl/N-ethyl adjacent to an activating group) is 1. The Morgan fingerprint density at radius 2 is 1.85 bits per heavy atom. The summed E-state index contributed by atoms with van der Waals surface area (Å²) in [5, 5.41) is 1.28. The Kier molecular flexibility index (Phi) is 3.80. The molecule has 3 aromatic heterocycles. The SMILES string of the molecule is Cc1cnc2c(c1)c1c(n2-c2cccc(-c3ccncc3)c2)CCN(C)C1. The summed E-state index contributed by atoms with van der Waals surface area (Å²) in [6.07, 6.45) is 6.70. The number of aryl methyl sites for hydroxylation is 1. The van der Waals surface area contributed by atoms with Crippen LogP contribution in [0.3, 0.4) is 0 Å². The molecule has 1 aliphatic heterocycles. The number of nitrogens with zero attached hydrogens (tertiary/aromatic N) is 4. The third-order valence-electron chi connectivity index (χ3n) is 5.43. The fourth-order valence-electron chi connectivity index (χ4n) is 4.11. The van der Waals surface area contributed by atoms with Gasteiger partial charge in [0, 0.05) is 54.9 Å². The molecule has 0 fully saturated rings. The highest BCUT2D eigenvalue weighted by atomic mass is 15.1. The predicted octanol–water partition coefficient (Wildman–Crippen LogP) is 4.38. The number of rotatable bonds is 2. The molecule has 4 aromatic rings. The van der Waals surface area contributed by atoms with Crippen LogP contribution < -0.4 is 0 Å². The quantitative estimate of drug-likeness (QED) is 0.536. The summed E-state index contributed by atoms with van der Waals surface area (Å²) in [5.74, 6) is 0. The topological polar surface area (TPSA) is 34.0 Å². The summed E-state index contributed by atoms with van der Waals surface area (Å²) in [4.78, 5) is 11.4. The lowest BCUT2D eigenvalue weighted by Crippen LogP contribution is -2.27. The zero-order valence-corrected chi connectivity index (χ0v) is 15.7. The van der Waals surface area contributed by atoms with Crippen molar-refractivity contribution in [2.45, 2.75) is 19.9 Å². The van der Waals surface area contributed by atoms with Crippen LogP contribution in [-0.4, -0.2) is 33.0 Å². The van der Waals surface area contributed by atoms with Gasteiger partial charge in [0.25, 0.3) is 0 Å². The first-order valence-corrected chi connectivity index (χ1v) is 9.39. The van der Waals surface area contributed by atoms with Gasteiger partial charge in [0.1, 0.15) is 5.65 Å². The Balaban J connectivity index is 1.74. The molecule has 0 saturated carbocycles. The molecule has 0 saturated heterocycles. The van der Waals surface area contributed by atoms with E-state index in [9.17, 15) is 0 Å². The Hall–Kier alpha value is -2.98. The van der Waals surface area contributed by atoms with Crippen molar-refractivity contribution in [2.75, 3.05) is 13.6 Å². The van der Waals surface area contributed by atoms with Crippen molar-refractivity contribution >= 4 is 11.0 Å². The van der Waals surface area contributed by atoms with Crippen molar-refractivity contribution in [2.24, 2.45) is 0 Å². The molecule has 1 aliphatic rings. The highest BCUT2D eigenvalue weighted by Gasteiger charge is 2.24. The van der Waals surface area contributed by atoms with E-state index in [2.05, 4.69) is 70.9 Å². The average molecular weight is 354 g/mol. The number of hydrogen-bond acceptors (Lipinski definition) is 3. The van der Waals surface area contributed by atoms with E-state index in [0.717, 1.165) is 25.2 Å². The van der Waals surface area contributed by atoms with Crippen LogP contribution in [0.2, 0.25) is 0 Å². The second-order valence-electron chi connectivity index (χ2n) is 7.42. The van der Waals surface area contributed by atoms with Crippen LogP contribution in [0.4, 0.5) is 0 Å². The Morgan fingerprint density at radius 3 is 2.70 bits per heavy atom. The highest BCUT2D eigenvalue weighted by Crippen LogP contribution is 2.33. The molecule has 0 amide bonds. The van der Waals surface area contributed by atoms with Gasteiger partial charge in [-0.05, 0) is 66.6 Å². The lowest BCUT2D eigenvalue weighted by Gasteiger charge is -2.24. The fourth-order valence-corrected chi connectivity index (χ4v) is 4.11. The molecule has 134 valence electrons. The van der Waals surface area contributed by atoms with Gasteiger partial charge in [-0.15, -0.1) is 0 Å². The number of fused-ring (bicyclic) bond motifs is 3. The van der Waals surface area contributed by atoms with Crippen molar-refractivity contribution < 1.29 is 0 Å². The average Bonchev–Trinajstić information content (AvgIpc) is 3.02. The Morgan fingerprint density at radius 1 is 1.00 bits per heavy atom. The molecule has 0 N–H and O–H groups in total. The number of benzene rings is 1. The first-order valence-electron chi connectivity index (χ1n) is 9.39. The summed E-state index contributed by atoms with van der Waals surface area (Å²) in [7, 11) is 2.19. The van der Waals surface area contributed by atoms with Gasteiger partial charge in [-0.1, -0.05) is 12.1 Å². The van der Waals surface area contributed by atoms with E-state index in [1.165, 1.54) is 39.0 Å². The minimum Gasteiger partial charge on any atom is -0.302 e. The predicted molar refractivity (Wildman–Crippen MR) is 109 cm³/mol. The summed E-state index contributed by atoms with van der Waals surface area (Å²) in [5.41, 5.74) is 8.65. The molecule has 4 heterocycles. The molecule has 0 atom stereocenters.